The van der Waals surface area contributed by atoms with E-state index < -0.39 is 17.5 Å². The lowest BCUT2D eigenvalue weighted by Gasteiger charge is -2.11. The maximum Gasteiger partial charge on any atom is 0.254 e. The monoisotopic (exact) mass is 398 g/mol. The fraction of sp³-hybridized carbons (Fsp3) is 0.190. The Morgan fingerprint density at radius 1 is 1.00 bits per heavy atom. The molecule has 0 saturated heterocycles. The van der Waals surface area contributed by atoms with Crippen LogP contribution in [0.25, 0.3) is 0 Å². The quantitative estimate of drug-likeness (QED) is 0.613. The first kappa shape index (κ1) is 20.2. The van der Waals surface area contributed by atoms with E-state index in [4.69, 9.17) is 0 Å². The first-order valence-corrected chi connectivity index (χ1v) is 9.07. The van der Waals surface area contributed by atoms with Crippen molar-refractivity contribution >= 4 is 11.8 Å². The zero-order valence-electron chi connectivity index (χ0n) is 15.6. The number of nitrogens with one attached hydrogen (secondary N) is 2. The van der Waals surface area contributed by atoms with E-state index in [1.165, 1.54) is 0 Å². The minimum absolute atomic E-state index is 0.0376. The van der Waals surface area contributed by atoms with Gasteiger partial charge in [0.1, 0.15) is 11.6 Å². The third kappa shape index (κ3) is 5.71. The lowest BCUT2D eigenvalue weighted by atomic mass is 10.1. The number of halogens is 2. The van der Waals surface area contributed by atoms with Crippen molar-refractivity contribution in [2.75, 3.05) is 6.54 Å². The summed E-state index contributed by atoms with van der Waals surface area (Å²) in [4.78, 5) is 24.0. The highest BCUT2D eigenvalue weighted by Gasteiger charge is 2.12. The topological polar surface area (TPSA) is 76.0 Å². The van der Waals surface area contributed by atoms with Gasteiger partial charge in [0, 0.05) is 38.0 Å². The van der Waals surface area contributed by atoms with Crippen LogP contribution in [0.1, 0.15) is 27.9 Å². The Hall–Kier alpha value is -3.55. The SMILES string of the molecule is O=C(CCNC(=O)c1ccc(F)cc1F)NCc1ccccc1Cn1cccn1. The molecule has 0 unspecified atom stereocenters. The van der Waals surface area contributed by atoms with E-state index >= 15 is 0 Å². The molecule has 1 aromatic heterocycles. The van der Waals surface area contributed by atoms with Crippen LogP contribution < -0.4 is 10.6 Å². The first-order chi connectivity index (χ1) is 14.0. The summed E-state index contributed by atoms with van der Waals surface area (Å²) in [7, 11) is 0. The number of amides is 2. The summed E-state index contributed by atoms with van der Waals surface area (Å²) in [5.41, 5.74) is 1.74. The van der Waals surface area contributed by atoms with E-state index in [0.717, 1.165) is 23.3 Å². The average molecular weight is 398 g/mol. The number of rotatable bonds is 8. The summed E-state index contributed by atoms with van der Waals surface area (Å²) in [6.45, 7) is 0.978. The van der Waals surface area contributed by atoms with Crippen molar-refractivity contribution in [1.82, 2.24) is 20.4 Å². The average Bonchev–Trinajstić information content (AvgIpc) is 3.20. The van der Waals surface area contributed by atoms with Gasteiger partial charge in [0.15, 0.2) is 0 Å². The van der Waals surface area contributed by atoms with Gasteiger partial charge in [-0.3, -0.25) is 14.3 Å². The van der Waals surface area contributed by atoms with Crippen molar-refractivity contribution < 1.29 is 18.4 Å². The molecule has 0 atom stereocenters. The molecule has 6 nitrogen and oxygen atoms in total. The van der Waals surface area contributed by atoms with Gasteiger partial charge in [0.2, 0.25) is 5.91 Å². The molecule has 0 aliphatic heterocycles. The van der Waals surface area contributed by atoms with E-state index in [9.17, 15) is 18.4 Å². The second-order valence-corrected chi connectivity index (χ2v) is 6.38. The third-order valence-electron chi connectivity index (χ3n) is 4.30. The highest BCUT2D eigenvalue weighted by molar-refractivity contribution is 5.94. The molecule has 0 aliphatic carbocycles. The van der Waals surface area contributed by atoms with Gasteiger partial charge in [-0.05, 0) is 29.3 Å². The van der Waals surface area contributed by atoms with E-state index in [2.05, 4.69) is 15.7 Å². The van der Waals surface area contributed by atoms with Gasteiger partial charge in [-0.2, -0.15) is 5.10 Å². The number of hydrogen-bond donors (Lipinski definition) is 2. The van der Waals surface area contributed by atoms with Crippen LogP contribution in [0.15, 0.2) is 60.9 Å². The summed E-state index contributed by atoms with van der Waals surface area (Å²) in [6.07, 6.45) is 3.61. The van der Waals surface area contributed by atoms with Crippen LogP contribution in [0.3, 0.4) is 0 Å². The molecule has 0 spiro atoms. The van der Waals surface area contributed by atoms with Crippen molar-refractivity contribution in [2.45, 2.75) is 19.5 Å². The molecule has 1 heterocycles. The summed E-state index contributed by atoms with van der Waals surface area (Å²) in [5, 5.41) is 9.45. The lowest BCUT2D eigenvalue weighted by molar-refractivity contribution is -0.121. The Balaban J connectivity index is 1.46. The number of benzene rings is 2. The Labute approximate surface area is 166 Å². The molecular formula is C21H20F2N4O2. The molecule has 0 saturated carbocycles. The second kappa shape index (κ2) is 9.59. The molecular weight excluding hydrogens is 378 g/mol. The summed E-state index contributed by atoms with van der Waals surface area (Å²) >= 11 is 0. The molecule has 150 valence electrons. The molecule has 29 heavy (non-hydrogen) atoms. The van der Waals surface area contributed by atoms with Gasteiger partial charge in [-0.15, -0.1) is 0 Å². The van der Waals surface area contributed by atoms with Crippen LogP contribution >= 0.6 is 0 Å². The molecule has 0 radical (unpaired) electrons. The lowest BCUT2D eigenvalue weighted by Crippen LogP contribution is -2.31. The second-order valence-electron chi connectivity index (χ2n) is 6.38. The van der Waals surface area contributed by atoms with E-state index in [1.807, 2.05) is 36.5 Å². The van der Waals surface area contributed by atoms with E-state index in [-0.39, 0.29) is 24.4 Å². The largest absolute Gasteiger partial charge is 0.352 e. The molecule has 8 heteroatoms. The van der Waals surface area contributed by atoms with Crippen molar-refractivity contribution in [3.63, 3.8) is 0 Å². The van der Waals surface area contributed by atoms with Crippen molar-refractivity contribution in [2.24, 2.45) is 0 Å². The Bertz CT molecular complexity index is 990. The van der Waals surface area contributed by atoms with E-state index in [1.54, 1.807) is 10.9 Å². The molecule has 2 N–H and O–H groups in total. The van der Waals surface area contributed by atoms with Crippen molar-refractivity contribution in [1.29, 1.82) is 0 Å². The van der Waals surface area contributed by atoms with E-state index in [0.29, 0.717) is 19.2 Å². The summed E-state index contributed by atoms with van der Waals surface area (Å²) in [6, 6.07) is 12.3. The van der Waals surface area contributed by atoms with Gasteiger partial charge < -0.3 is 10.6 Å². The first-order valence-electron chi connectivity index (χ1n) is 9.07. The minimum Gasteiger partial charge on any atom is -0.352 e. The van der Waals surface area contributed by atoms with Gasteiger partial charge >= 0.3 is 0 Å². The standard InChI is InChI=1S/C21H20F2N4O2/c22-17-6-7-18(19(23)12-17)21(29)24-10-8-20(28)25-13-15-4-1-2-5-16(15)14-27-11-3-9-26-27/h1-7,9,11-12H,8,10,13-14H2,(H,24,29)(H,25,28). The number of nitrogens with zero attached hydrogens (tertiary/aromatic N) is 2. The molecule has 3 aromatic rings. The zero-order chi connectivity index (χ0) is 20.6. The zero-order valence-corrected chi connectivity index (χ0v) is 15.6. The van der Waals surface area contributed by atoms with Gasteiger partial charge in [-0.25, -0.2) is 8.78 Å². The normalized spacial score (nSPS) is 10.6. The maximum atomic E-state index is 13.6. The number of hydrogen-bond acceptors (Lipinski definition) is 3. The minimum atomic E-state index is -0.944. The van der Waals surface area contributed by atoms with Crippen molar-refractivity contribution in [3.8, 4) is 0 Å². The maximum absolute atomic E-state index is 13.6. The molecule has 0 aliphatic rings. The van der Waals surface area contributed by atoms with Crippen LogP contribution in [0.2, 0.25) is 0 Å². The number of carbonyl (C=O) groups excluding carboxylic acids is 2. The van der Waals surface area contributed by atoms with Gasteiger partial charge in [-0.1, -0.05) is 24.3 Å². The molecule has 2 amide bonds. The highest BCUT2D eigenvalue weighted by atomic mass is 19.1. The third-order valence-corrected chi connectivity index (χ3v) is 4.30. The smallest absolute Gasteiger partial charge is 0.254 e. The van der Waals surface area contributed by atoms with Gasteiger partial charge in [0.05, 0.1) is 12.1 Å². The Kier molecular flexibility index (Phi) is 6.67. The van der Waals surface area contributed by atoms with Crippen LogP contribution in [0, 0.1) is 11.6 Å². The number of aromatic nitrogens is 2. The fourth-order valence-corrected chi connectivity index (χ4v) is 2.79. The summed E-state index contributed by atoms with van der Waals surface area (Å²) < 4.78 is 28.3. The predicted octanol–water partition coefficient (Wildman–Crippen LogP) is 2.65. The van der Waals surface area contributed by atoms with Crippen molar-refractivity contribution in [3.05, 3.63) is 89.2 Å². The molecule has 0 bridgehead atoms. The molecule has 2 aromatic carbocycles. The molecule has 3 rings (SSSR count). The Morgan fingerprint density at radius 2 is 1.79 bits per heavy atom. The van der Waals surface area contributed by atoms with Crippen LogP contribution in [0.5, 0.6) is 0 Å². The van der Waals surface area contributed by atoms with Gasteiger partial charge in [0.25, 0.3) is 5.91 Å². The summed E-state index contributed by atoms with van der Waals surface area (Å²) in [5.74, 6) is -2.65. The Morgan fingerprint density at radius 3 is 2.52 bits per heavy atom. The molecule has 0 fully saturated rings. The predicted molar refractivity (Wildman–Crippen MR) is 103 cm³/mol. The number of carbonyl (C=O) groups is 2. The fourth-order valence-electron chi connectivity index (χ4n) is 2.79. The van der Waals surface area contributed by atoms with Crippen LogP contribution in [-0.4, -0.2) is 28.1 Å². The highest BCUT2D eigenvalue weighted by Crippen LogP contribution is 2.11. The van der Waals surface area contributed by atoms with Crippen LogP contribution in [0.4, 0.5) is 8.78 Å². The van der Waals surface area contributed by atoms with Crippen LogP contribution in [-0.2, 0) is 17.9 Å².